The summed E-state index contributed by atoms with van der Waals surface area (Å²) in [7, 11) is -3.25. The number of halogens is 2. The van der Waals surface area contributed by atoms with Crippen molar-refractivity contribution in [2.45, 2.75) is 19.6 Å². The molecule has 154 valence electrons. The highest BCUT2D eigenvalue weighted by Gasteiger charge is 2.19. The van der Waals surface area contributed by atoms with Crippen LogP contribution in [0.4, 0.5) is 8.78 Å². The van der Waals surface area contributed by atoms with Gasteiger partial charge < -0.3 is 4.74 Å². The molecule has 1 N–H and O–H groups in total. The smallest absolute Gasteiger partial charge is 0.338 e. The first-order chi connectivity index (χ1) is 13.7. The second-order valence-electron chi connectivity index (χ2n) is 6.35. The Kier molecular flexibility index (Phi) is 6.23. The fourth-order valence-electron chi connectivity index (χ4n) is 2.82. The second-order valence-corrected chi connectivity index (χ2v) is 8.19. The van der Waals surface area contributed by atoms with Crippen molar-refractivity contribution in [1.29, 1.82) is 0 Å². The van der Waals surface area contributed by atoms with Crippen LogP contribution in [-0.4, -0.2) is 36.7 Å². The van der Waals surface area contributed by atoms with Crippen molar-refractivity contribution in [2.24, 2.45) is 0 Å². The van der Waals surface area contributed by atoms with Crippen LogP contribution in [-0.2, 0) is 27.8 Å². The summed E-state index contributed by atoms with van der Waals surface area (Å²) in [5.41, 5.74) is 1.74. The number of nitrogens with one attached hydrogen (secondary N) is 1. The number of hydrogen-bond donors (Lipinski definition) is 1. The van der Waals surface area contributed by atoms with Crippen LogP contribution in [0.1, 0.15) is 28.3 Å². The lowest BCUT2D eigenvalue weighted by molar-refractivity contribution is 0.0387. The van der Waals surface area contributed by atoms with E-state index >= 15 is 0 Å². The zero-order chi connectivity index (χ0) is 21.0. The first-order valence-electron chi connectivity index (χ1n) is 8.69. The van der Waals surface area contributed by atoms with Crippen molar-refractivity contribution in [2.75, 3.05) is 12.8 Å². The van der Waals surface area contributed by atoms with Crippen LogP contribution in [0.2, 0.25) is 0 Å². The predicted molar refractivity (Wildman–Crippen MR) is 103 cm³/mol. The molecule has 1 aromatic heterocycles. The third-order valence-electron chi connectivity index (χ3n) is 4.16. The molecule has 3 aromatic rings. The molecule has 0 bridgehead atoms. The molecule has 0 amide bonds. The minimum Gasteiger partial charge on any atom is -0.454 e. The molecule has 0 aliphatic rings. The van der Waals surface area contributed by atoms with Crippen LogP contribution in [0, 0.1) is 0 Å². The summed E-state index contributed by atoms with van der Waals surface area (Å²) in [4.78, 5) is 16.3. The summed E-state index contributed by atoms with van der Waals surface area (Å²) in [5, 5.41) is 0. The van der Waals surface area contributed by atoms with Gasteiger partial charge in [0.25, 0.3) is 0 Å². The quantitative estimate of drug-likeness (QED) is 0.563. The van der Waals surface area contributed by atoms with E-state index in [2.05, 4.69) is 9.71 Å². The Bertz CT molecular complexity index is 1110. The zero-order valence-electron chi connectivity index (χ0n) is 15.5. The van der Waals surface area contributed by atoms with E-state index in [1.165, 1.54) is 18.2 Å². The molecule has 0 spiro atoms. The van der Waals surface area contributed by atoms with Crippen LogP contribution in [0.15, 0.2) is 48.5 Å². The standard InChI is InChI=1S/C19H19F2N3O4S/c1-29(26,27)22-11-10-13-6-8-14(9-7-13)18(25)28-12-17-23-15-4-2-3-5-16(15)24(17)19(20)21/h2-9,19,22H,10-12H2,1H3. The van der Waals surface area contributed by atoms with Crippen molar-refractivity contribution in [1.82, 2.24) is 14.3 Å². The number of imidazole rings is 1. The van der Waals surface area contributed by atoms with E-state index in [0.717, 1.165) is 16.4 Å². The number of rotatable bonds is 8. The molecule has 10 heteroatoms. The van der Waals surface area contributed by atoms with E-state index in [1.54, 1.807) is 30.3 Å². The average molecular weight is 423 g/mol. The fraction of sp³-hybridized carbons (Fsp3) is 0.263. The molecule has 0 aliphatic heterocycles. The van der Waals surface area contributed by atoms with Gasteiger partial charge in [0.05, 0.1) is 22.9 Å². The van der Waals surface area contributed by atoms with Gasteiger partial charge in [-0.2, -0.15) is 8.78 Å². The summed E-state index contributed by atoms with van der Waals surface area (Å²) in [6.45, 7) is -2.96. The number of nitrogens with zero attached hydrogens (tertiary/aromatic N) is 2. The minimum atomic E-state index is -3.25. The number of fused-ring (bicyclic) bond motifs is 1. The number of sulfonamides is 1. The molecule has 29 heavy (non-hydrogen) atoms. The number of carbonyl (C=O) groups excluding carboxylic acids is 1. The molecule has 0 atom stereocenters. The molecule has 3 rings (SSSR count). The van der Waals surface area contributed by atoms with Gasteiger partial charge in [-0.25, -0.2) is 22.9 Å². The number of para-hydroxylation sites is 2. The maximum Gasteiger partial charge on any atom is 0.338 e. The van der Waals surface area contributed by atoms with Crippen molar-refractivity contribution in [3.63, 3.8) is 0 Å². The summed E-state index contributed by atoms with van der Waals surface area (Å²) in [6, 6.07) is 12.9. The Morgan fingerprint density at radius 3 is 2.52 bits per heavy atom. The SMILES string of the molecule is CS(=O)(=O)NCCc1ccc(C(=O)OCc2nc3ccccc3n2C(F)F)cc1. The van der Waals surface area contributed by atoms with Crippen molar-refractivity contribution in [3.05, 3.63) is 65.5 Å². The van der Waals surface area contributed by atoms with E-state index < -0.39 is 29.1 Å². The highest BCUT2D eigenvalue weighted by molar-refractivity contribution is 7.88. The number of ether oxygens (including phenoxy) is 1. The Balaban J connectivity index is 1.64. The Morgan fingerprint density at radius 2 is 1.86 bits per heavy atom. The highest BCUT2D eigenvalue weighted by Crippen LogP contribution is 2.23. The largest absolute Gasteiger partial charge is 0.454 e. The number of carbonyl (C=O) groups is 1. The first kappa shape index (κ1) is 20.9. The molecule has 0 unspecified atom stereocenters. The Morgan fingerprint density at radius 1 is 1.17 bits per heavy atom. The molecule has 0 aliphatic carbocycles. The number of alkyl halides is 2. The van der Waals surface area contributed by atoms with E-state index in [0.29, 0.717) is 11.9 Å². The van der Waals surface area contributed by atoms with Crippen LogP contribution < -0.4 is 4.72 Å². The van der Waals surface area contributed by atoms with Crippen LogP contribution in [0.5, 0.6) is 0 Å². The summed E-state index contributed by atoms with van der Waals surface area (Å²) >= 11 is 0. The maximum absolute atomic E-state index is 13.4. The lowest BCUT2D eigenvalue weighted by Gasteiger charge is -2.09. The first-order valence-corrected chi connectivity index (χ1v) is 10.6. The number of esters is 1. The fourth-order valence-corrected chi connectivity index (χ4v) is 3.29. The van der Waals surface area contributed by atoms with Crippen LogP contribution in [0.25, 0.3) is 11.0 Å². The van der Waals surface area contributed by atoms with Crippen LogP contribution >= 0.6 is 0 Å². The molecule has 1 heterocycles. The normalized spacial score (nSPS) is 11.9. The van der Waals surface area contributed by atoms with Gasteiger partial charge in [0.1, 0.15) is 6.61 Å². The summed E-state index contributed by atoms with van der Waals surface area (Å²) in [5.74, 6) is -0.711. The number of benzene rings is 2. The monoisotopic (exact) mass is 423 g/mol. The Labute approximate surface area is 166 Å². The topological polar surface area (TPSA) is 90.3 Å². The predicted octanol–water partition coefficient (Wildman–Crippen LogP) is 2.88. The van der Waals surface area contributed by atoms with E-state index in [4.69, 9.17) is 4.74 Å². The van der Waals surface area contributed by atoms with E-state index in [-0.39, 0.29) is 23.4 Å². The van der Waals surface area contributed by atoms with Gasteiger partial charge in [-0.05, 0) is 36.2 Å². The highest BCUT2D eigenvalue weighted by atomic mass is 32.2. The van der Waals surface area contributed by atoms with E-state index in [9.17, 15) is 22.0 Å². The van der Waals surface area contributed by atoms with Gasteiger partial charge in [0.15, 0.2) is 5.82 Å². The zero-order valence-corrected chi connectivity index (χ0v) is 16.3. The van der Waals surface area contributed by atoms with Gasteiger partial charge in [-0.3, -0.25) is 4.57 Å². The lowest BCUT2D eigenvalue weighted by atomic mass is 10.1. The summed E-state index contributed by atoms with van der Waals surface area (Å²) < 4.78 is 57.2. The Hall–Kier alpha value is -2.85. The molecular formula is C19H19F2N3O4S. The third-order valence-corrected chi connectivity index (χ3v) is 4.89. The second kappa shape index (κ2) is 8.66. The molecule has 0 saturated carbocycles. The maximum atomic E-state index is 13.4. The number of aromatic nitrogens is 2. The molecule has 0 radical (unpaired) electrons. The van der Waals surface area contributed by atoms with Crippen molar-refractivity contribution in [3.8, 4) is 0 Å². The van der Waals surface area contributed by atoms with Gasteiger partial charge in [-0.1, -0.05) is 24.3 Å². The van der Waals surface area contributed by atoms with Crippen molar-refractivity contribution >= 4 is 27.0 Å². The van der Waals surface area contributed by atoms with Crippen LogP contribution in [0.3, 0.4) is 0 Å². The van der Waals surface area contributed by atoms with Gasteiger partial charge in [0, 0.05) is 6.54 Å². The average Bonchev–Trinajstić information content (AvgIpc) is 3.04. The molecule has 7 nitrogen and oxygen atoms in total. The molecule has 2 aromatic carbocycles. The third kappa shape index (κ3) is 5.36. The van der Waals surface area contributed by atoms with E-state index in [1.807, 2.05) is 0 Å². The van der Waals surface area contributed by atoms with Gasteiger partial charge in [0.2, 0.25) is 10.0 Å². The summed E-state index contributed by atoms with van der Waals surface area (Å²) in [6.07, 6.45) is 1.54. The number of hydrogen-bond acceptors (Lipinski definition) is 5. The minimum absolute atomic E-state index is 0.0435. The van der Waals surface area contributed by atoms with Gasteiger partial charge >= 0.3 is 12.5 Å². The lowest BCUT2D eigenvalue weighted by Crippen LogP contribution is -2.24. The van der Waals surface area contributed by atoms with Crippen molar-refractivity contribution < 1.29 is 26.7 Å². The van der Waals surface area contributed by atoms with Gasteiger partial charge in [-0.15, -0.1) is 0 Å². The molecule has 0 saturated heterocycles. The molecule has 0 fully saturated rings. The molecular weight excluding hydrogens is 404 g/mol.